The predicted molar refractivity (Wildman–Crippen MR) is 144 cm³/mol. The van der Waals surface area contributed by atoms with E-state index in [1.165, 1.54) is 0 Å². The molecule has 0 saturated heterocycles. The largest absolute Gasteiger partial charge is 0.392 e. The molecule has 0 spiro atoms. The Morgan fingerprint density at radius 2 is 1.83 bits per heavy atom. The first-order valence-electron chi connectivity index (χ1n) is 12.4. The molecular formula is C29H33N5O2. The average Bonchev–Trinajstić information content (AvgIpc) is 3.18. The first-order chi connectivity index (χ1) is 17.3. The molecule has 4 aromatic rings. The molecule has 5 rings (SSSR count). The number of amides is 1. The lowest BCUT2D eigenvalue weighted by Crippen LogP contribution is -2.46. The third-order valence-corrected chi connectivity index (χ3v) is 7.53. The van der Waals surface area contributed by atoms with Gasteiger partial charge in [-0.05, 0) is 55.0 Å². The van der Waals surface area contributed by atoms with Gasteiger partial charge in [0.25, 0.3) is 5.91 Å². The molecule has 1 amide bonds. The van der Waals surface area contributed by atoms with Crippen molar-refractivity contribution < 1.29 is 9.90 Å². The van der Waals surface area contributed by atoms with E-state index in [1.807, 2.05) is 34.9 Å². The molecule has 1 heterocycles. The second-order valence-corrected chi connectivity index (χ2v) is 10.3. The summed E-state index contributed by atoms with van der Waals surface area (Å²) in [7, 11) is 0. The number of amidine groups is 1. The standard InChI is InChI=1S/C29H33N5O2/c1-29(32)13-11-21(12-14-29)33-28(36)26-24(17-35)23-10-9-19(27(30)31)15-25(23)34(26)16-20-7-4-6-18-5-2-3-8-22(18)20/h2-10,15,21,35H,11-14,16-17,32H2,1H3,(H3,30,31)(H,33,36). The summed E-state index contributed by atoms with van der Waals surface area (Å²) in [4.78, 5) is 13.8. The van der Waals surface area contributed by atoms with Crippen molar-refractivity contribution in [1.82, 2.24) is 9.88 Å². The first kappa shape index (κ1) is 24.0. The highest BCUT2D eigenvalue weighted by Crippen LogP contribution is 2.31. The minimum Gasteiger partial charge on any atom is -0.392 e. The van der Waals surface area contributed by atoms with Gasteiger partial charge in [-0.3, -0.25) is 10.2 Å². The molecule has 1 aliphatic rings. The van der Waals surface area contributed by atoms with Gasteiger partial charge in [0.15, 0.2) is 0 Å². The summed E-state index contributed by atoms with van der Waals surface area (Å²) in [5, 5.41) is 24.6. The van der Waals surface area contributed by atoms with E-state index in [0.717, 1.165) is 52.9 Å². The highest BCUT2D eigenvalue weighted by Gasteiger charge is 2.30. The van der Waals surface area contributed by atoms with Gasteiger partial charge in [0.05, 0.1) is 12.1 Å². The third-order valence-electron chi connectivity index (χ3n) is 7.53. The van der Waals surface area contributed by atoms with Gasteiger partial charge in [0.1, 0.15) is 11.5 Å². The second kappa shape index (κ2) is 9.41. The number of aliphatic hydroxyl groups is 1. The number of nitrogens with one attached hydrogen (secondary N) is 2. The summed E-state index contributed by atoms with van der Waals surface area (Å²) in [6.07, 6.45) is 3.36. The molecular weight excluding hydrogens is 450 g/mol. The van der Waals surface area contributed by atoms with Crippen LogP contribution in [0, 0.1) is 5.41 Å². The van der Waals surface area contributed by atoms with Gasteiger partial charge in [-0.2, -0.15) is 0 Å². The number of carbonyl (C=O) groups is 1. The number of nitrogens with zero attached hydrogens (tertiary/aromatic N) is 1. The summed E-state index contributed by atoms with van der Waals surface area (Å²) in [6, 6.07) is 19.8. The van der Waals surface area contributed by atoms with E-state index in [2.05, 4.69) is 36.5 Å². The van der Waals surface area contributed by atoms with Crippen LogP contribution in [0.3, 0.4) is 0 Å². The minimum atomic E-state index is -0.271. The molecule has 0 radical (unpaired) electrons. The number of rotatable bonds is 6. The minimum absolute atomic E-state index is 0.0393. The van der Waals surface area contributed by atoms with Crippen molar-refractivity contribution in [3.8, 4) is 0 Å². The van der Waals surface area contributed by atoms with Crippen molar-refractivity contribution in [3.05, 3.63) is 83.0 Å². The Balaban J connectivity index is 1.63. The van der Waals surface area contributed by atoms with Crippen LogP contribution < -0.4 is 16.8 Å². The Kier molecular flexibility index (Phi) is 6.28. The molecule has 7 N–H and O–H groups in total. The molecule has 0 bridgehead atoms. The summed E-state index contributed by atoms with van der Waals surface area (Å²) in [5.41, 5.74) is 15.3. The van der Waals surface area contributed by atoms with Crippen LogP contribution in [0.4, 0.5) is 0 Å². The topological polar surface area (TPSA) is 130 Å². The molecule has 1 aromatic heterocycles. The molecule has 0 atom stereocenters. The van der Waals surface area contributed by atoms with E-state index >= 15 is 0 Å². The second-order valence-electron chi connectivity index (χ2n) is 10.3. The van der Waals surface area contributed by atoms with E-state index in [9.17, 15) is 9.90 Å². The summed E-state index contributed by atoms with van der Waals surface area (Å²) in [5.74, 6) is -0.246. The van der Waals surface area contributed by atoms with Crippen molar-refractivity contribution in [3.63, 3.8) is 0 Å². The molecule has 1 aliphatic carbocycles. The molecule has 7 nitrogen and oxygen atoms in total. The fourth-order valence-electron chi connectivity index (χ4n) is 5.45. The van der Waals surface area contributed by atoms with Gasteiger partial charge in [-0.1, -0.05) is 54.6 Å². The third kappa shape index (κ3) is 4.47. The fourth-order valence-corrected chi connectivity index (χ4v) is 5.45. The number of nitrogen functional groups attached to an aromatic ring is 1. The summed E-state index contributed by atoms with van der Waals surface area (Å²) in [6.45, 7) is 2.23. The monoisotopic (exact) mass is 483 g/mol. The maximum absolute atomic E-state index is 13.8. The number of hydrogen-bond donors (Lipinski definition) is 5. The molecule has 186 valence electrons. The molecule has 3 aromatic carbocycles. The Hall–Kier alpha value is -3.68. The van der Waals surface area contributed by atoms with Gasteiger partial charge in [0.2, 0.25) is 0 Å². The molecule has 1 saturated carbocycles. The highest BCUT2D eigenvalue weighted by atomic mass is 16.3. The van der Waals surface area contributed by atoms with E-state index in [1.54, 1.807) is 6.07 Å². The normalized spacial score (nSPS) is 20.0. The van der Waals surface area contributed by atoms with Crippen molar-refractivity contribution in [2.24, 2.45) is 11.5 Å². The number of carbonyl (C=O) groups excluding carboxylic acids is 1. The molecule has 7 heteroatoms. The number of nitrogens with two attached hydrogens (primary N) is 2. The van der Waals surface area contributed by atoms with Crippen molar-refractivity contribution in [2.75, 3.05) is 0 Å². The van der Waals surface area contributed by atoms with Crippen LogP contribution in [-0.4, -0.2) is 33.0 Å². The SMILES string of the molecule is CC1(N)CCC(NC(=O)c2c(CO)c3ccc(C(=N)N)cc3n2Cc2cccc3ccccc23)CC1. The highest BCUT2D eigenvalue weighted by molar-refractivity contribution is 6.05. The van der Waals surface area contributed by atoms with Crippen LogP contribution in [0.2, 0.25) is 0 Å². The molecule has 0 aliphatic heterocycles. The van der Waals surface area contributed by atoms with Crippen LogP contribution in [0.5, 0.6) is 0 Å². The number of benzene rings is 3. The van der Waals surface area contributed by atoms with Crippen molar-refractivity contribution >= 4 is 33.4 Å². The van der Waals surface area contributed by atoms with E-state index in [-0.39, 0.29) is 29.9 Å². The van der Waals surface area contributed by atoms with Crippen molar-refractivity contribution in [1.29, 1.82) is 5.41 Å². The zero-order valence-electron chi connectivity index (χ0n) is 20.6. The lowest BCUT2D eigenvalue weighted by Gasteiger charge is -2.34. The number of aromatic nitrogens is 1. The quantitative estimate of drug-likeness (QED) is 0.209. The van der Waals surface area contributed by atoms with Crippen LogP contribution in [0.15, 0.2) is 60.7 Å². The van der Waals surface area contributed by atoms with Gasteiger partial charge >= 0.3 is 0 Å². The van der Waals surface area contributed by atoms with Gasteiger partial charge in [0, 0.05) is 34.6 Å². The smallest absolute Gasteiger partial charge is 0.268 e. The average molecular weight is 484 g/mol. The van der Waals surface area contributed by atoms with Gasteiger partial charge in [-0.25, -0.2) is 0 Å². The molecule has 0 unspecified atom stereocenters. The molecule has 1 fully saturated rings. The zero-order chi connectivity index (χ0) is 25.4. The number of hydrogen-bond acceptors (Lipinski definition) is 4. The van der Waals surface area contributed by atoms with Gasteiger partial charge < -0.3 is 26.5 Å². The van der Waals surface area contributed by atoms with Crippen LogP contribution >= 0.6 is 0 Å². The van der Waals surface area contributed by atoms with Crippen LogP contribution in [-0.2, 0) is 13.2 Å². The first-order valence-corrected chi connectivity index (χ1v) is 12.4. The summed E-state index contributed by atoms with van der Waals surface area (Å²) < 4.78 is 1.96. The Morgan fingerprint density at radius 3 is 2.56 bits per heavy atom. The van der Waals surface area contributed by atoms with Gasteiger partial charge in [-0.15, -0.1) is 0 Å². The van der Waals surface area contributed by atoms with E-state index < -0.39 is 0 Å². The Bertz CT molecular complexity index is 1450. The maximum Gasteiger partial charge on any atom is 0.268 e. The predicted octanol–water partition coefficient (Wildman–Crippen LogP) is 4.01. The summed E-state index contributed by atoms with van der Waals surface area (Å²) >= 11 is 0. The number of fused-ring (bicyclic) bond motifs is 2. The number of aliphatic hydroxyl groups excluding tert-OH is 1. The lowest BCUT2D eigenvalue weighted by atomic mass is 9.81. The Labute approximate surface area is 210 Å². The fraction of sp³-hybridized carbons (Fsp3) is 0.310. The van der Waals surface area contributed by atoms with Crippen LogP contribution in [0.1, 0.15) is 59.8 Å². The Morgan fingerprint density at radius 1 is 1.11 bits per heavy atom. The van der Waals surface area contributed by atoms with E-state index in [0.29, 0.717) is 23.4 Å². The maximum atomic E-state index is 13.8. The zero-order valence-corrected chi connectivity index (χ0v) is 20.6. The van der Waals surface area contributed by atoms with Crippen molar-refractivity contribution in [2.45, 2.75) is 57.3 Å². The van der Waals surface area contributed by atoms with E-state index in [4.69, 9.17) is 16.9 Å². The van der Waals surface area contributed by atoms with Crippen LogP contribution in [0.25, 0.3) is 21.7 Å². The lowest BCUT2D eigenvalue weighted by molar-refractivity contribution is 0.0907. The molecule has 36 heavy (non-hydrogen) atoms.